The minimum absolute atomic E-state index is 0.0604. The van der Waals surface area contributed by atoms with Crippen molar-refractivity contribution in [2.75, 3.05) is 5.32 Å². The molecular weight excluding hydrogens is 307 g/mol. The molecule has 1 aliphatic carbocycles. The topological polar surface area (TPSA) is 49.3 Å². The van der Waals surface area contributed by atoms with E-state index in [4.69, 9.17) is 11.6 Å². The minimum Gasteiger partial charge on any atom is -0.480 e. The smallest absolute Gasteiger partial charge is 0.391 e. The fourth-order valence-electron chi connectivity index (χ4n) is 2.64. The van der Waals surface area contributed by atoms with Gasteiger partial charge in [-0.1, -0.05) is 11.6 Å². The Morgan fingerprint density at radius 3 is 2.19 bits per heavy atom. The molecule has 1 aliphatic rings. The number of carboxylic acid groups (broad SMARTS) is 1. The summed E-state index contributed by atoms with van der Waals surface area (Å²) in [5.41, 5.74) is -0.817. The van der Waals surface area contributed by atoms with E-state index in [2.05, 4.69) is 5.32 Å². The molecule has 0 unspecified atom stereocenters. The number of alkyl halides is 3. The van der Waals surface area contributed by atoms with Crippen molar-refractivity contribution in [1.82, 2.24) is 0 Å². The molecule has 0 spiro atoms. The highest BCUT2D eigenvalue weighted by Crippen LogP contribution is 2.42. The fourth-order valence-corrected chi connectivity index (χ4v) is 2.77. The van der Waals surface area contributed by atoms with Crippen molar-refractivity contribution in [2.45, 2.75) is 37.4 Å². The van der Waals surface area contributed by atoms with Gasteiger partial charge in [0.2, 0.25) is 0 Å². The largest absolute Gasteiger partial charge is 0.480 e. The Morgan fingerprint density at radius 2 is 1.76 bits per heavy atom. The Bertz CT molecular complexity index is 508. The summed E-state index contributed by atoms with van der Waals surface area (Å²) in [6, 6.07) is 6.42. The third kappa shape index (κ3) is 3.61. The molecule has 1 fully saturated rings. The molecule has 7 heteroatoms. The highest BCUT2D eigenvalue weighted by atomic mass is 35.5. The van der Waals surface area contributed by atoms with Crippen LogP contribution in [0.25, 0.3) is 0 Å². The predicted molar refractivity (Wildman–Crippen MR) is 73.5 cm³/mol. The molecule has 1 saturated carbocycles. The normalized spacial score (nSPS) is 26.4. The van der Waals surface area contributed by atoms with E-state index < -0.39 is 23.6 Å². The number of halogens is 4. The molecule has 2 N–H and O–H groups in total. The van der Waals surface area contributed by atoms with E-state index in [0.717, 1.165) is 0 Å². The van der Waals surface area contributed by atoms with Gasteiger partial charge < -0.3 is 10.4 Å². The monoisotopic (exact) mass is 321 g/mol. The number of hydrogen-bond acceptors (Lipinski definition) is 2. The number of hydrogen-bond donors (Lipinski definition) is 2. The molecule has 0 amide bonds. The maximum Gasteiger partial charge on any atom is 0.391 e. The lowest BCUT2D eigenvalue weighted by molar-refractivity contribution is -0.186. The molecular formula is C14H15ClF3NO2. The lowest BCUT2D eigenvalue weighted by atomic mass is 9.76. The summed E-state index contributed by atoms with van der Waals surface area (Å²) in [5.74, 6) is -2.55. The molecule has 21 heavy (non-hydrogen) atoms. The maximum absolute atomic E-state index is 12.7. The Labute approximate surface area is 125 Å². The van der Waals surface area contributed by atoms with E-state index in [0.29, 0.717) is 10.7 Å². The summed E-state index contributed by atoms with van der Waals surface area (Å²) in [5, 5.41) is 12.8. The second kappa shape index (κ2) is 5.75. The van der Waals surface area contributed by atoms with E-state index >= 15 is 0 Å². The molecule has 0 aliphatic heterocycles. The van der Waals surface area contributed by atoms with E-state index in [-0.39, 0.29) is 25.7 Å². The van der Waals surface area contributed by atoms with Gasteiger partial charge in [-0.25, -0.2) is 4.79 Å². The average Bonchev–Trinajstić information content (AvgIpc) is 2.41. The molecule has 1 aromatic rings. The average molecular weight is 322 g/mol. The van der Waals surface area contributed by atoms with Crippen molar-refractivity contribution in [3.63, 3.8) is 0 Å². The van der Waals surface area contributed by atoms with Crippen LogP contribution < -0.4 is 5.32 Å². The van der Waals surface area contributed by atoms with Gasteiger partial charge in [0.15, 0.2) is 0 Å². The molecule has 0 bridgehead atoms. The molecule has 0 aromatic heterocycles. The Hall–Kier alpha value is -1.43. The molecule has 3 nitrogen and oxygen atoms in total. The Balaban J connectivity index is 2.13. The van der Waals surface area contributed by atoms with Crippen LogP contribution in [-0.2, 0) is 4.79 Å². The summed E-state index contributed by atoms with van der Waals surface area (Å²) in [6.07, 6.45) is -4.75. The molecule has 0 atom stereocenters. The number of aliphatic carboxylic acids is 1. The second-order valence-electron chi connectivity index (χ2n) is 5.34. The molecule has 0 saturated heterocycles. The fraction of sp³-hybridized carbons (Fsp3) is 0.500. The zero-order valence-corrected chi connectivity index (χ0v) is 11.8. The van der Waals surface area contributed by atoms with Gasteiger partial charge >= 0.3 is 12.1 Å². The minimum atomic E-state index is -4.26. The highest BCUT2D eigenvalue weighted by Gasteiger charge is 2.49. The number of nitrogens with one attached hydrogen (secondary N) is 1. The molecule has 2 rings (SSSR count). The van der Waals surface area contributed by atoms with Gasteiger partial charge in [0.1, 0.15) is 5.54 Å². The van der Waals surface area contributed by atoms with Gasteiger partial charge in [-0.2, -0.15) is 13.2 Å². The van der Waals surface area contributed by atoms with Crippen LogP contribution in [0, 0.1) is 5.92 Å². The van der Waals surface area contributed by atoms with Crippen LogP contribution in [0.3, 0.4) is 0 Å². The summed E-state index contributed by atoms with van der Waals surface area (Å²) in [4.78, 5) is 11.5. The third-order valence-electron chi connectivity index (χ3n) is 3.94. The molecule has 116 valence electrons. The standard InChI is InChI=1S/C14H15ClF3NO2/c15-10-1-3-11(4-2-10)19-13(12(20)21)7-5-9(6-8-13)14(16,17)18/h1-4,9,19H,5-8H2,(H,20,21). The van der Waals surface area contributed by atoms with Gasteiger partial charge in [0, 0.05) is 10.7 Å². The number of carbonyl (C=O) groups is 1. The van der Waals surface area contributed by atoms with Crippen molar-refractivity contribution in [3.05, 3.63) is 29.3 Å². The molecule has 1 aromatic carbocycles. The first-order valence-electron chi connectivity index (χ1n) is 6.57. The Morgan fingerprint density at radius 1 is 1.24 bits per heavy atom. The first-order valence-corrected chi connectivity index (χ1v) is 6.95. The van der Waals surface area contributed by atoms with Gasteiger partial charge in [-0.15, -0.1) is 0 Å². The van der Waals surface area contributed by atoms with Crippen molar-refractivity contribution in [1.29, 1.82) is 0 Å². The number of benzene rings is 1. The van der Waals surface area contributed by atoms with Gasteiger partial charge in [-0.3, -0.25) is 0 Å². The van der Waals surface area contributed by atoms with Crippen LogP contribution in [-0.4, -0.2) is 22.8 Å². The summed E-state index contributed by atoms with van der Waals surface area (Å²) in [6.45, 7) is 0. The quantitative estimate of drug-likeness (QED) is 0.871. The molecule has 0 heterocycles. The van der Waals surface area contributed by atoms with Gasteiger partial charge in [-0.05, 0) is 49.9 Å². The highest BCUT2D eigenvalue weighted by molar-refractivity contribution is 6.30. The van der Waals surface area contributed by atoms with E-state index in [9.17, 15) is 23.1 Å². The van der Waals surface area contributed by atoms with Crippen molar-refractivity contribution in [2.24, 2.45) is 5.92 Å². The third-order valence-corrected chi connectivity index (χ3v) is 4.19. The zero-order valence-electron chi connectivity index (χ0n) is 11.1. The SMILES string of the molecule is O=C(O)C1(Nc2ccc(Cl)cc2)CCC(C(F)(F)F)CC1. The number of rotatable bonds is 3. The Kier molecular flexibility index (Phi) is 4.37. The lowest BCUT2D eigenvalue weighted by Crippen LogP contribution is -2.50. The van der Waals surface area contributed by atoms with Crippen LogP contribution >= 0.6 is 11.6 Å². The van der Waals surface area contributed by atoms with Crippen LogP contribution in [0.4, 0.5) is 18.9 Å². The second-order valence-corrected chi connectivity index (χ2v) is 5.77. The first-order chi connectivity index (χ1) is 9.73. The molecule has 0 radical (unpaired) electrons. The van der Waals surface area contributed by atoms with E-state index in [1.807, 2.05) is 0 Å². The van der Waals surface area contributed by atoms with Crippen LogP contribution in [0.2, 0.25) is 5.02 Å². The summed E-state index contributed by atoms with van der Waals surface area (Å²) < 4.78 is 38.0. The van der Waals surface area contributed by atoms with Crippen LogP contribution in [0.15, 0.2) is 24.3 Å². The van der Waals surface area contributed by atoms with Crippen molar-refractivity contribution < 1.29 is 23.1 Å². The number of carboxylic acids is 1. The summed E-state index contributed by atoms with van der Waals surface area (Å²) >= 11 is 5.75. The predicted octanol–water partition coefficient (Wildman–Crippen LogP) is 4.33. The number of anilines is 1. The van der Waals surface area contributed by atoms with Gasteiger partial charge in [0.05, 0.1) is 5.92 Å². The van der Waals surface area contributed by atoms with Crippen LogP contribution in [0.1, 0.15) is 25.7 Å². The van der Waals surface area contributed by atoms with Crippen molar-refractivity contribution in [3.8, 4) is 0 Å². The summed E-state index contributed by atoms with van der Waals surface area (Å²) in [7, 11) is 0. The van der Waals surface area contributed by atoms with Crippen LogP contribution in [0.5, 0.6) is 0 Å². The first kappa shape index (κ1) is 15.9. The van der Waals surface area contributed by atoms with Gasteiger partial charge in [0.25, 0.3) is 0 Å². The van der Waals surface area contributed by atoms with Crippen molar-refractivity contribution >= 4 is 23.3 Å². The van der Waals surface area contributed by atoms with E-state index in [1.54, 1.807) is 24.3 Å². The maximum atomic E-state index is 12.7. The zero-order chi connectivity index (χ0) is 15.7. The van der Waals surface area contributed by atoms with E-state index in [1.165, 1.54) is 0 Å². The lowest BCUT2D eigenvalue weighted by Gasteiger charge is -2.38.